The molecule has 216 valence electrons. The summed E-state index contributed by atoms with van der Waals surface area (Å²) in [5.74, 6) is 0.727. The normalized spacial score (nSPS) is 15.2. The molecular weight excluding hydrogens is 512 g/mol. The molecule has 0 spiro atoms. The maximum Gasteiger partial charge on any atom is 0.305 e. The highest BCUT2D eigenvalue weighted by molar-refractivity contribution is 5.91. The maximum atomic E-state index is 11.2. The summed E-state index contributed by atoms with van der Waals surface area (Å²) in [6.45, 7) is 6.37. The Hall–Kier alpha value is -3.75. The molecule has 41 heavy (non-hydrogen) atoms. The fourth-order valence-electron chi connectivity index (χ4n) is 5.56. The highest BCUT2D eigenvalue weighted by Gasteiger charge is 2.19. The summed E-state index contributed by atoms with van der Waals surface area (Å²) in [6, 6.07) is 22.1. The van der Waals surface area contributed by atoms with E-state index in [1.807, 2.05) is 6.07 Å². The van der Waals surface area contributed by atoms with Crippen molar-refractivity contribution >= 4 is 22.8 Å². The molecule has 4 aromatic rings. The van der Waals surface area contributed by atoms with Crippen LogP contribution in [0.25, 0.3) is 22.3 Å². The van der Waals surface area contributed by atoms with Gasteiger partial charge in [0.15, 0.2) is 0 Å². The third-order valence-corrected chi connectivity index (χ3v) is 8.06. The van der Waals surface area contributed by atoms with Crippen LogP contribution >= 0.6 is 0 Å². The zero-order chi connectivity index (χ0) is 28.4. The molecule has 0 amide bonds. The first-order valence-corrected chi connectivity index (χ1v) is 14.9. The zero-order valence-corrected chi connectivity index (χ0v) is 24.2. The van der Waals surface area contributed by atoms with Crippen LogP contribution in [0.5, 0.6) is 0 Å². The fraction of sp³-hybridized carbons (Fsp3) is 0.424. The maximum absolute atomic E-state index is 11.2. The second kappa shape index (κ2) is 14.2. The van der Waals surface area contributed by atoms with Crippen LogP contribution in [0.4, 0.5) is 5.82 Å². The molecule has 0 aliphatic carbocycles. The molecule has 3 N–H and O–H groups in total. The smallest absolute Gasteiger partial charge is 0.305 e. The Kier molecular flexibility index (Phi) is 9.99. The largest absolute Gasteiger partial charge is 0.469 e. The molecule has 1 aliphatic rings. The third-order valence-electron chi connectivity index (χ3n) is 8.06. The van der Waals surface area contributed by atoms with Gasteiger partial charge < -0.3 is 20.4 Å². The molecule has 1 unspecified atom stereocenters. The van der Waals surface area contributed by atoms with Crippen molar-refractivity contribution in [3.05, 3.63) is 78.1 Å². The van der Waals surface area contributed by atoms with E-state index in [2.05, 4.69) is 92.0 Å². The number of ether oxygens (including phenoxy) is 1. The van der Waals surface area contributed by atoms with Crippen LogP contribution in [0, 0.1) is 0 Å². The SMILES string of the molecule is COC(=O)CCCCCNC1CCN(Cc2ccc(-c3cc4c(NC(C)c5ccccc5)ncnc4[nH]3)cc2)CC1. The monoisotopic (exact) mass is 554 g/mol. The zero-order valence-electron chi connectivity index (χ0n) is 24.2. The molecule has 3 heterocycles. The number of methoxy groups -OCH3 is 1. The number of likely N-dealkylation sites (tertiary alicyclic amines) is 1. The number of H-pyrrole nitrogens is 1. The molecule has 1 fully saturated rings. The minimum absolute atomic E-state index is 0.108. The van der Waals surface area contributed by atoms with Gasteiger partial charge in [-0.05, 0) is 75.0 Å². The van der Waals surface area contributed by atoms with E-state index in [1.165, 1.54) is 31.1 Å². The number of nitrogens with zero attached hydrogens (tertiary/aromatic N) is 3. The van der Waals surface area contributed by atoms with Crippen LogP contribution in [-0.2, 0) is 16.1 Å². The number of carbonyl (C=O) groups excluding carboxylic acids is 1. The Labute approximate surface area is 242 Å². The molecule has 5 rings (SSSR count). The lowest BCUT2D eigenvalue weighted by Gasteiger charge is -2.32. The Morgan fingerprint density at radius 3 is 2.59 bits per heavy atom. The Morgan fingerprint density at radius 1 is 1.05 bits per heavy atom. The van der Waals surface area contributed by atoms with Gasteiger partial charge in [0.1, 0.15) is 17.8 Å². The van der Waals surface area contributed by atoms with Gasteiger partial charge in [-0.2, -0.15) is 0 Å². The van der Waals surface area contributed by atoms with Gasteiger partial charge in [0.2, 0.25) is 0 Å². The first-order chi connectivity index (χ1) is 20.1. The number of carbonyl (C=O) groups is 1. The average molecular weight is 555 g/mol. The summed E-state index contributed by atoms with van der Waals surface area (Å²) >= 11 is 0. The van der Waals surface area contributed by atoms with Crippen molar-refractivity contribution in [3.63, 3.8) is 0 Å². The molecule has 0 bridgehead atoms. The summed E-state index contributed by atoms with van der Waals surface area (Å²) in [5.41, 5.74) is 5.57. The van der Waals surface area contributed by atoms with Gasteiger partial charge in [0.25, 0.3) is 0 Å². The van der Waals surface area contributed by atoms with Gasteiger partial charge in [-0.3, -0.25) is 9.69 Å². The number of esters is 1. The number of anilines is 1. The molecule has 1 saturated heterocycles. The molecule has 1 aliphatic heterocycles. The van der Waals surface area contributed by atoms with Crippen molar-refractivity contribution in [1.29, 1.82) is 0 Å². The van der Waals surface area contributed by atoms with E-state index in [1.54, 1.807) is 6.33 Å². The lowest BCUT2D eigenvalue weighted by atomic mass is 10.0. The standard InChI is InChI=1S/C33H42N6O2/c1-24(26-9-5-3-6-10-26)37-32-29-21-30(38-33(29)36-23-35-32)27-14-12-25(13-15-27)22-39-19-16-28(17-20-39)34-18-8-4-7-11-31(40)41-2/h3,5-6,9-10,12-15,21,23-24,28,34H,4,7-8,11,16-20,22H2,1-2H3,(H2,35,36,37,38). The van der Waals surface area contributed by atoms with E-state index in [-0.39, 0.29) is 12.0 Å². The molecule has 8 heteroatoms. The van der Waals surface area contributed by atoms with Gasteiger partial charge in [-0.15, -0.1) is 0 Å². The second-order valence-corrected chi connectivity index (χ2v) is 11.0. The van der Waals surface area contributed by atoms with E-state index >= 15 is 0 Å². The lowest BCUT2D eigenvalue weighted by molar-refractivity contribution is -0.140. The quantitative estimate of drug-likeness (QED) is 0.136. The van der Waals surface area contributed by atoms with Crippen molar-refractivity contribution < 1.29 is 9.53 Å². The van der Waals surface area contributed by atoms with Crippen LogP contribution in [-0.4, -0.2) is 58.6 Å². The molecule has 8 nitrogen and oxygen atoms in total. The predicted octanol–water partition coefficient (Wildman–Crippen LogP) is 6.09. The minimum Gasteiger partial charge on any atom is -0.469 e. The molecule has 1 atom stereocenters. The van der Waals surface area contributed by atoms with Gasteiger partial charge in [0.05, 0.1) is 12.5 Å². The number of rotatable bonds is 13. The minimum atomic E-state index is -0.108. The van der Waals surface area contributed by atoms with Crippen molar-refractivity contribution in [1.82, 2.24) is 25.2 Å². The predicted molar refractivity (Wildman–Crippen MR) is 165 cm³/mol. The number of hydrogen-bond donors (Lipinski definition) is 3. The van der Waals surface area contributed by atoms with Crippen LogP contribution < -0.4 is 10.6 Å². The van der Waals surface area contributed by atoms with Crippen LogP contribution in [0.1, 0.15) is 62.6 Å². The number of piperidine rings is 1. The second-order valence-electron chi connectivity index (χ2n) is 11.0. The summed E-state index contributed by atoms with van der Waals surface area (Å²) < 4.78 is 4.70. The van der Waals surface area contributed by atoms with E-state index in [9.17, 15) is 4.79 Å². The molecule has 2 aromatic carbocycles. The van der Waals surface area contributed by atoms with Crippen molar-refractivity contribution in [3.8, 4) is 11.3 Å². The Bertz CT molecular complexity index is 1380. The third kappa shape index (κ3) is 7.93. The topological polar surface area (TPSA) is 95.2 Å². The Morgan fingerprint density at radius 2 is 1.83 bits per heavy atom. The van der Waals surface area contributed by atoms with Crippen LogP contribution in [0.2, 0.25) is 0 Å². The summed E-state index contributed by atoms with van der Waals surface area (Å²) in [7, 11) is 1.45. The van der Waals surface area contributed by atoms with Gasteiger partial charge in [-0.25, -0.2) is 9.97 Å². The fourth-order valence-corrected chi connectivity index (χ4v) is 5.56. The molecule has 0 radical (unpaired) electrons. The van der Waals surface area contributed by atoms with Crippen LogP contribution in [0.3, 0.4) is 0 Å². The van der Waals surface area contributed by atoms with Gasteiger partial charge >= 0.3 is 5.97 Å². The highest BCUT2D eigenvalue weighted by Crippen LogP contribution is 2.29. The number of benzene rings is 2. The van der Waals surface area contributed by atoms with Crippen LogP contribution in [0.15, 0.2) is 67.0 Å². The summed E-state index contributed by atoms with van der Waals surface area (Å²) in [6.07, 6.45) is 7.57. The first kappa shape index (κ1) is 28.8. The number of aromatic amines is 1. The van der Waals surface area contributed by atoms with E-state index in [4.69, 9.17) is 4.74 Å². The Balaban J connectivity index is 1.10. The van der Waals surface area contributed by atoms with Gasteiger partial charge in [-0.1, -0.05) is 61.0 Å². The molecule has 2 aromatic heterocycles. The summed E-state index contributed by atoms with van der Waals surface area (Å²) in [4.78, 5) is 26.2. The van der Waals surface area contributed by atoms with Crippen molar-refractivity contribution in [2.45, 2.75) is 64.1 Å². The van der Waals surface area contributed by atoms with Crippen molar-refractivity contribution in [2.75, 3.05) is 32.1 Å². The molecular formula is C33H42N6O2. The van der Waals surface area contributed by atoms with E-state index in [0.29, 0.717) is 12.5 Å². The summed E-state index contributed by atoms with van der Waals surface area (Å²) in [5, 5.41) is 8.25. The molecule has 0 saturated carbocycles. The number of unbranched alkanes of at least 4 members (excludes halogenated alkanes) is 2. The lowest BCUT2D eigenvalue weighted by Crippen LogP contribution is -2.42. The average Bonchev–Trinajstić information content (AvgIpc) is 3.46. The first-order valence-electron chi connectivity index (χ1n) is 14.9. The number of aromatic nitrogens is 3. The number of nitrogens with one attached hydrogen (secondary N) is 3. The van der Waals surface area contributed by atoms with Crippen molar-refractivity contribution in [2.24, 2.45) is 0 Å². The number of hydrogen-bond acceptors (Lipinski definition) is 7. The van der Waals surface area contributed by atoms with E-state index in [0.717, 1.165) is 73.6 Å². The van der Waals surface area contributed by atoms with Gasteiger partial charge in [0, 0.05) is 30.7 Å². The highest BCUT2D eigenvalue weighted by atomic mass is 16.5. The van der Waals surface area contributed by atoms with E-state index < -0.39 is 0 Å². The number of fused-ring (bicyclic) bond motifs is 1.